The van der Waals surface area contributed by atoms with Crippen molar-refractivity contribution in [3.63, 3.8) is 0 Å². The number of nitrogens with two attached hydrogens (primary N) is 1. The molecule has 0 aliphatic carbocycles. The molecular formula is C14H10BrN3O2S. The van der Waals surface area contributed by atoms with Crippen molar-refractivity contribution in [2.45, 2.75) is 6.42 Å². The summed E-state index contributed by atoms with van der Waals surface area (Å²) in [5, 5.41) is 11.2. The van der Waals surface area contributed by atoms with Gasteiger partial charge in [-0.25, -0.2) is 4.98 Å². The third-order valence-electron chi connectivity index (χ3n) is 3.08. The molecule has 3 aromatic rings. The summed E-state index contributed by atoms with van der Waals surface area (Å²) in [7, 11) is 0. The molecule has 0 fully saturated rings. The molecule has 0 unspecified atom stereocenters. The van der Waals surface area contributed by atoms with Gasteiger partial charge in [-0.05, 0) is 45.6 Å². The minimum atomic E-state index is -0.396. The first-order valence-electron chi connectivity index (χ1n) is 6.11. The van der Waals surface area contributed by atoms with Gasteiger partial charge < -0.3 is 5.73 Å². The summed E-state index contributed by atoms with van der Waals surface area (Å²) in [5.74, 6) is 0. The van der Waals surface area contributed by atoms with Gasteiger partial charge in [0.25, 0.3) is 5.69 Å². The van der Waals surface area contributed by atoms with Crippen molar-refractivity contribution in [1.82, 2.24) is 4.98 Å². The molecule has 0 saturated carbocycles. The fourth-order valence-electron chi connectivity index (χ4n) is 2.13. The molecule has 21 heavy (non-hydrogen) atoms. The molecule has 106 valence electrons. The number of benzene rings is 2. The topological polar surface area (TPSA) is 82.0 Å². The lowest BCUT2D eigenvalue weighted by atomic mass is 10.0. The first kappa shape index (κ1) is 14.0. The molecule has 0 radical (unpaired) electrons. The highest BCUT2D eigenvalue weighted by molar-refractivity contribution is 9.10. The second kappa shape index (κ2) is 5.42. The molecule has 0 saturated heterocycles. The molecule has 0 amide bonds. The number of nitrogens with zero attached hydrogens (tertiary/aromatic N) is 2. The Labute approximate surface area is 132 Å². The third-order valence-corrected chi connectivity index (χ3v) is 4.52. The molecule has 0 spiro atoms. The van der Waals surface area contributed by atoms with Crippen LogP contribution in [0.5, 0.6) is 0 Å². The first-order chi connectivity index (χ1) is 10.0. The third kappa shape index (κ3) is 2.88. The van der Waals surface area contributed by atoms with E-state index in [1.54, 1.807) is 12.1 Å². The van der Waals surface area contributed by atoms with Crippen LogP contribution in [0.3, 0.4) is 0 Å². The highest BCUT2D eigenvalue weighted by Gasteiger charge is 2.09. The Morgan fingerprint density at radius 2 is 1.95 bits per heavy atom. The standard InChI is InChI=1S/C14H10BrN3O2S/c15-11-6-9(7-12-13(11)17-14(16)21-12)5-8-1-3-10(4-2-8)18(19)20/h1-4,6-7H,5H2,(H2,16,17). The van der Waals surface area contributed by atoms with Gasteiger partial charge >= 0.3 is 0 Å². The average Bonchev–Trinajstić information content (AvgIpc) is 2.80. The number of anilines is 1. The molecule has 2 aromatic carbocycles. The monoisotopic (exact) mass is 363 g/mol. The minimum Gasteiger partial charge on any atom is -0.375 e. The molecular weight excluding hydrogens is 354 g/mol. The van der Waals surface area contributed by atoms with Crippen molar-refractivity contribution < 1.29 is 4.92 Å². The molecule has 0 aliphatic heterocycles. The first-order valence-corrected chi connectivity index (χ1v) is 7.71. The van der Waals surface area contributed by atoms with Crippen LogP contribution in [0.2, 0.25) is 0 Å². The molecule has 0 aliphatic rings. The molecule has 1 heterocycles. The van der Waals surface area contributed by atoms with Gasteiger partial charge in [0, 0.05) is 16.6 Å². The Balaban J connectivity index is 1.92. The lowest BCUT2D eigenvalue weighted by Gasteiger charge is -2.03. The van der Waals surface area contributed by atoms with Crippen LogP contribution in [0.15, 0.2) is 40.9 Å². The lowest BCUT2D eigenvalue weighted by molar-refractivity contribution is -0.384. The summed E-state index contributed by atoms with van der Waals surface area (Å²) in [6, 6.07) is 10.6. The van der Waals surface area contributed by atoms with Crippen molar-refractivity contribution in [3.05, 3.63) is 62.1 Å². The van der Waals surface area contributed by atoms with Crippen LogP contribution in [-0.2, 0) is 6.42 Å². The molecule has 3 rings (SSSR count). The Morgan fingerprint density at radius 1 is 1.24 bits per heavy atom. The summed E-state index contributed by atoms with van der Waals surface area (Å²) in [5.41, 5.74) is 8.82. The molecule has 7 heteroatoms. The van der Waals surface area contributed by atoms with Crippen LogP contribution < -0.4 is 5.73 Å². The minimum absolute atomic E-state index is 0.102. The fraction of sp³-hybridized carbons (Fsp3) is 0.0714. The quantitative estimate of drug-likeness (QED) is 0.559. The van der Waals surface area contributed by atoms with E-state index in [1.807, 2.05) is 6.07 Å². The van der Waals surface area contributed by atoms with Gasteiger partial charge in [-0.2, -0.15) is 0 Å². The predicted octanol–water partition coefficient (Wildman–Crippen LogP) is 4.14. The lowest BCUT2D eigenvalue weighted by Crippen LogP contribution is -1.91. The molecule has 5 nitrogen and oxygen atoms in total. The fourth-order valence-corrected chi connectivity index (χ4v) is 3.68. The van der Waals surface area contributed by atoms with Crippen molar-refractivity contribution >= 4 is 48.3 Å². The largest absolute Gasteiger partial charge is 0.375 e. The summed E-state index contributed by atoms with van der Waals surface area (Å²) in [6.45, 7) is 0. The van der Waals surface area contributed by atoms with E-state index < -0.39 is 4.92 Å². The highest BCUT2D eigenvalue weighted by atomic mass is 79.9. The van der Waals surface area contributed by atoms with Gasteiger partial charge in [-0.1, -0.05) is 23.5 Å². The zero-order valence-electron chi connectivity index (χ0n) is 10.7. The van der Waals surface area contributed by atoms with Gasteiger partial charge in [0.1, 0.15) is 0 Å². The Bertz CT molecular complexity index is 830. The summed E-state index contributed by atoms with van der Waals surface area (Å²) < 4.78 is 1.93. The molecule has 2 N–H and O–H groups in total. The molecule has 0 bridgehead atoms. The smallest absolute Gasteiger partial charge is 0.269 e. The average molecular weight is 364 g/mol. The Morgan fingerprint density at radius 3 is 2.62 bits per heavy atom. The van der Waals surface area contributed by atoms with Gasteiger partial charge in [0.15, 0.2) is 5.13 Å². The van der Waals surface area contributed by atoms with E-state index in [-0.39, 0.29) is 5.69 Å². The van der Waals surface area contributed by atoms with E-state index in [0.29, 0.717) is 11.6 Å². The number of nitro groups is 1. The predicted molar refractivity (Wildman–Crippen MR) is 87.6 cm³/mol. The van der Waals surface area contributed by atoms with Gasteiger partial charge in [0.05, 0.1) is 15.1 Å². The van der Waals surface area contributed by atoms with E-state index >= 15 is 0 Å². The zero-order chi connectivity index (χ0) is 15.0. The second-order valence-corrected chi connectivity index (χ2v) is 6.49. The van der Waals surface area contributed by atoms with Crippen LogP contribution in [0.1, 0.15) is 11.1 Å². The number of non-ortho nitro benzene ring substituents is 1. The summed E-state index contributed by atoms with van der Waals surface area (Å²) in [4.78, 5) is 14.5. The number of thiazole rings is 1. The van der Waals surface area contributed by atoms with Crippen LogP contribution in [0, 0.1) is 10.1 Å². The normalized spacial score (nSPS) is 10.9. The maximum Gasteiger partial charge on any atom is 0.269 e. The van der Waals surface area contributed by atoms with Crippen LogP contribution in [0.4, 0.5) is 10.8 Å². The maximum absolute atomic E-state index is 10.6. The van der Waals surface area contributed by atoms with Crippen LogP contribution in [-0.4, -0.2) is 9.91 Å². The number of hydrogen-bond acceptors (Lipinski definition) is 5. The van der Waals surface area contributed by atoms with Crippen molar-refractivity contribution in [1.29, 1.82) is 0 Å². The SMILES string of the molecule is Nc1nc2c(Br)cc(Cc3ccc([N+](=O)[O-])cc3)cc2s1. The van der Waals surface area contributed by atoms with E-state index in [1.165, 1.54) is 23.5 Å². The summed E-state index contributed by atoms with van der Waals surface area (Å²) >= 11 is 4.95. The van der Waals surface area contributed by atoms with Crippen molar-refractivity contribution in [2.24, 2.45) is 0 Å². The number of halogens is 1. The number of aromatic nitrogens is 1. The zero-order valence-corrected chi connectivity index (χ0v) is 13.1. The number of rotatable bonds is 3. The van der Waals surface area contributed by atoms with Crippen molar-refractivity contribution in [2.75, 3.05) is 5.73 Å². The highest BCUT2D eigenvalue weighted by Crippen LogP contribution is 2.31. The second-order valence-electron chi connectivity index (χ2n) is 4.58. The van der Waals surface area contributed by atoms with Gasteiger partial charge in [-0.3, -0.25) is 10.1 Å². The Hall–Kier alpha value is -1.99. The molecule has 0 atom stereocenters. The van der Waals surface area contributed by atoms with E-state index in [2.05, 4.69) is 27.0 Å². The van der Waals surface area contributed by atoms with Crippen LogP contribution in [0.25, 0.3) is 10.2 Å². The Kier molecular flexibility index (Phi) is 3.60. The summed E-state index contributed by atoms with van der Waals surface area (Å²) in [6.07, 6.45) is 0.699. The number of nitro benzene ring substituents is 1. The number of hydrogen-bond donors (Lipinski definition) is 1. The maximum atomic E-state index is 10.6. The number of fused-ring (bicyclic) bond motifs is 1. The molecule has 1 aromatic heterocycles. The van der Waals surface area contributed by atoms with Crippen molar-refractivity contribution in [3.8, 4) is 0 Å². The number of nitrogen functional groups attached to an aromatic ring is 1. The van der Waals surface area contributed by atoms with E-state index in [4.69, 9.17) is 5.73 Å². The van der Waals surface area contributed by atoms with Gasteiger partial charge in [-0.15, -0.1) is 0 Å². The van der Waals surface area contributed by atoms with Gasteiger partial charge in [0.2, 0.25) is 0 Å². The van der Waals surface area contributed by atoms with E-state index in [9.17, 15) is 10.1 Å². The van der Waals surface area contributed by atoms with Crippen LogP contribution >= 0.6 is 27.3 Å². The van der Waals surface area contributed by atoms with E-state index in [0.717, 1.165) is 25.8 Å².